The maximum absolute atomic E-state index is 9.77. The van der Waals surface area contributed by atoms with Gasteiger partial charge in [0.2, 0.25) is 0 Å². The van der Waals surface area contributed by atoms with Crippen LogP contribution in [0.2, 0.25) is 0 Å². The van der Waals surface area contributed by atoms with Gasteiger partial charge in [-0.3, -0.25) is 0 Å². The number of aliphatic hydroxyl groups is 2. The average Bonchev–Trinajstić information content (AvgIpc) is 2.12. The third-order valence-electron chi connectivity index (χ3n) is 2.31. The highest BCUT2D eigenvalue weighted by Crippen LogP contribution is 2.15. The van der Waals surface area contributed by atoms with E-state index in [-0.39, 0.29) is 12.0 Å². The van der Waals surface area contributed by atoms with Crippen molar-refractivity contribution < 1.29 is 10.2 Å². The first-order valence-corrected chi connectivity index (χ1v) is 5.13. The van der Waals surface area contributed by atoms with Gasteiger partial charge in [-0.25, -0.2) is 0 Å². The largest absolute Gasteiger partial charge is 0.392 e. The van der Waals surface area contributed by atoms with Crippen molar-refractivity contribution in [2.75, 3.05) is 0 Å². The van der Waals surface area contributed by atoms with Crippen molar-refractivity contribution in [3.63, 3.8) is 0 Å². The van der Waals surface area contributed by atoms with E-state index >= 15 is 0 Å². The van der Waals surface area contributed by atoms with Crippen molar-refractivity contribution in [1.82, 2.24) is 0 Å². The molecule has 0 spiro atoms. The molecule has 0 aromatic heterocycles. The molecule has 0 heterocycles. The smallest absolute Gasteiger partial charge is 0.0905 e. The number of allylic oxidation sites excluding steroid dienone is 2. The summed E-state index contributed by atoms with van der Waals surface area (Å²) in [5.74, 6) is 0.0227. The van der Waals surface area contributed by atoms with Crippen LogP contribution in [0.1, 0.15) is 19.8 Å². The number of hydrogen-bond acceptors (Lipinski definition) is 2. The molecule has 78 valence electrons. The molecule has 0 amide bonds. The van der Waals surface area contributed by atoms with Crippen LogP contribution in [0.25, 0.3) is 0 Å². The predicted octanol–water partition coefficient (Wildman–Crippen LogP) is 1.81. The number of aliphatic hydroxyl groups excluding tert-OH is 2. The fourth-order valence-electron chi connectivity index (χ4n) is 1.49. The molecule has 0 aromatic rings. The van der Waals surface area contributed by atoms with Crippen molar-refractivity contribution in [3.8, 4) is 0 Å². The molecule has 1 rings (SSSR count). The van der Waals surface area contributed by atoms with Crippen molar-refractivity contribution >= 4 is 0 Å². The molecule has 0 saturated heterocycles. The zero-order valence-electron chi connectivity index (χ0n) is 8.50. The molecule has 0 bridgehead atoms. The fourth-order valence-corrected chi connectivity index (χ4v) is 1.49. The highest BCUT2D eigenvalue weighted by atomic mass is 16.3. The van der Waals surface area contributed by atoms with Gasteiger partial charge >= 0.3 is 0 Å². The maximum Gasteiger partial charge on any atom is 0.0905 e. The van der Waals surface area contributed by atoms with Crippen molar-refractivity contribution in [1.29, 1.82) is 0 Å². The molecule has 3 unspecified atom stereocenters. The molecule has 2 N–H and O–H groups in total. The van der Waals surface area contributed by atoms with Crippen LogP contribution in [-0.2, 0) is 0 Å². The Balaban J connectivity index is 2.64. The summed E-state index contributed by atoms with van der Waals surface area (Å²) in [7, 11) is 0. The number of rotatable bonds is 3. The molecule has 1 aliphatic rings. The second kappa shape index (κ2) is 5.78. The van der Waals surface area contributed by atoms with Crippen LogP contribution in [0.4, 0.5) is 0 Å². The molecule has 2 heteroatoms. The summed E-state index contributed by atoms with van der Waals surface area (Å²) in [4.78, 5) is 0. The molecule has 0 aromatic carbocycles. The Morgan fingerprint density at radius 1 is 1.14 bits per heavy atom. The first-order chi connectivity index (χ1) is 6.74. The predicted molar refractivity (Wildman–Crippen MR) is 57.8 cm³/mol. The van der Waals surface area contributed by atoms with E-state index in [1.807, 2.05) is 25.2 Å². The molecule has 0 aliphatic heterocycles. The Morgan fingerprint density at radius 2 is 1.86 bits per heavy atom. The zero-order chi connectivity index (χ0) is 10.4. The molecular formula is C12H18O2. The lowest BCUT2D eigenvalue weighted by molar-refractivity contribution is 0.137. The highest BCUT2D eigenvalue weighted by Gasteiger charge is 2.12. The molecule has 1 aliphatic carbocycles. The Labute approximate surface area is 85.3 Å². The van der Waals surface area contributed by atoms with Crippen LogP contribution >= 0.6 is 0 Å². The van der Waals surface area contributed by atoms with Gasteiger partial charge in [-0.2, -0.15) is 0 Å². The first-order valence-electron chi connectivity index (χ1n) is 5.13. The Hall–Kier alpha value is -0.860. The summed E-state index contributed by atoms with van der Waals surface area (Å²) < 4.78 is 0. The third kappa shape index (κ3) is 3.48. The normalized spacial score (nSPS) is 35.4. The van der Waals surface area contributed by atoms with E-state index in [1.165, 1.54) is 0 Å². The molecule has 14 heavy (non-hydrogen) atoms. The van der Waals surface area contributed by atoms with Gasteiger partial charge in [0.05, 0.1) is 12.2 Å². The van der Waals surface area contributed by atoms with E-state index in [9.17, 15) is 10.2 Å². The van der Waals surface area contributed by atoms with Crippen LogP contribution in [0.3, 0.4) is 0 Å². The van der Waals surface area contributed by atoms with Crippen LogP contribution in [0.5, 0.6) is 0 Å². The monoisotopic (exact) mass is 194 g/mol. The second-order valence-corrected chi connectivity index (χ2v) is 3.58. The van der Waals surface area contributed by atoms with Crippen molar-refractivity contribution in [3.05, 3.63) is 36.5 Å². The highest BCUT2D eigenvalue weighted by molar-refractivity contribution is 5.17. The van der Waals surface area contributed by atoms with Gasteiger partial charge in [0.25, 0.3) is 0 Å². The fraction of sp³-hybridized carbons (Fsp3) is 0.500. The van der Waals surface area contributed by atoms with Gasteiger partial charge in [0.15, 0.2) is 0 Å². The summed E-state index contributed by atoms with van der Waals surface area (Å²) in [6.07, 6.45) is 11.8. The van der Waals surface area contributed by atoms with Gasteiger partial charge in [-0.15, -0.1) is 0 Å². The summed E-state index contributed by atoms with van der Waals surface area (Å²) in [5.41, 5.74) is 0. The lowest BCUT2D eigenvalue weighted by Gasteiger charge is -2.16. The minimum atomic E-state index is -0.531. The van der Waals surface area contributed by atoms with Gasteiger partial charge in [0, 0.05) is 5.92 Å². The molecule has 2 nitrogen and oxygen atoms in total. The van der Waals surface area contributed by atoms with Gasteiger partial charge in [-0.1, -0.05) is 49.8 Å². The average molecular weight is 194 g/mol. The molecule has 3 atom stereocenters. The van der Waals surface area contributed by atoms with E-state index in [4.69, 9.17) is 0 Å². The topological polar surface area (TPSA) is 40.5 Å². The number of hydrogen-bond donors (Lipinski definition) is 2. The second-order valence-electron chi connectivity index (χ2n) is 3.58. The van der Waals surface area contributed by atoms with Gasteiger partial charge in [0.1, 0.15) is 0 Å². The van der Waals surface area contributed by atoms with Crippen LogP contribution in [0, 0.1) is 5.92 Å². The van der Waals surface area contributed by atoms with Crippen LogP contribution in [-0.4, -0.2) is 22.4 Å². The minimum absolute atomic E-state index is 0.0227. The molecule has 0 radical (unpaired) electrons. The van der Waals surface area contributed by atoms with Crippen LogP contribution < -0.4 is 0 Å². The minimum Gasteiger partial charge on any atom is -0.392 e. The van der Waals surface area contributed by atoms with E-state index in [1.54, 1.807) is 18.2 Å². The molecule has 0 fully saturated rings. The van der Waals surface area contributed by atoms with Crippen molar-refractivity contribution in [2.45, 2.75) is 32.0 Å². The Bertz CT molecular complexity index is 241. The summed E-state index contributed by atoms with van der Waals surface area (Å²) in [6, 6.07) is 0. The lowest BCUT2D eigenvalue weighted by Crippen LogP contribution is -2.17. The molecule has 0 saturated carbocycles. The third-order valence-corrected chi connectivity index (χ3v) is 2.31. The van der Waals surface area contributed by atoms with Gasteiger partial charge in [-0.05, 0) is 6.42 Å². The van der Waals surface area contributed by atoms with E-state index in [2.05, 4.69) is 0 Å². The Kier molecular flexibility index (Phi) is 4.63. The maximum atomic E-state index is 9.77. The SMILES string of the molecule is CCCC(O)C1/C=C\C=C/C(O)/C=C\1. The van der Waals surface area contributed by atoms with Crippen LogP contribution in [0.15, 0.2) is 36.5 Å². The van der Waals surface area contributed by atoms with Gasteiger partial charge < -0.3 is 10.2 Å². The Morgan fingerprint density at radius 3 is 2.57 bits per heavy atom. The van der Waals surface area contributed by atoms with Crippen molar-refractivity contribution in [2.24, 2.45) is 5.92 Å². The summed E-state index contributed by atoms with van der Waals surface area (Å²) in [6.45, 7) is 2.05. The first kappa shape index (κ1) is 11.2. The van der Waals surface area contributed by atoms with E-state index < -0.39 is 6.10 Å². The quantitative estimate of drug-likeness (QED) is 0.673. The lowest BCUT2D eigenvalue weighted by atomic mass is 9.96. The summed E-state index contributed by atoms with van der Waals surface area (Å²) >= 11 is 0. The standard InChI is InChI=1S/C12H18O2/c1-2-5-12(14)10-6-3-4-7-11(13)9-8-10/h3-4,6-14H,2,5H2,1H3/b6-3-,7-4-,9-8-. The van der Waals surface area contributed by atoms with E-state index in [0.717, 1.165) is 12.8 Å². The summed E-state index contributed by atoms with van der Waals surface area (Å²) in [5, 5.41) is 19.1. The van der Waals surface area contributed by atoms with E-state index in [0.29, 0.717) is 0 Å². The zero-order valence-corrected chi connectivity index (χ0v) is 8.50. The molecular weight excluding hydrogens is 176 g/mol.